The molecule has 0 radical (unpaired) electrons. The van der Waals surface area contributed by atoms with Gasteiger partial charge in [0.1, 0.15) is 5.60 Å². The zero-order valence-electron chi connectivity index (χ0n) is 17.1. The topological polar surface area (TPSA) is 62.4 Å². The summed E-state index contributed by atoms with van der Waals surface area (Å²) in [5.41, 5.74) is 3.29. The fourth-order valence-electron chi connectivity index (χ4n) is 4.02. The first-order valence-electron chi connectivity index (χ1n) is 9.97. The van der Waals surface area contributed by atoms with Gasteiger partial charge in [-0.15, -0.1) is 0 Å². The van der Waals surface area contributed by atoms with Crippen molar-refractivity contribution in [3.8, 4) is 0 Å². The van der Waals surface area contributed by atoms with Gasteiger partial charge >= 0.3 is 6.09 Å². The highest BCUT2D eigenvalue weighted by molar-refractivity contribution is 5.97. The number of nitrogens with zero attached hydrogens (tertiary/aromatic N) is 1. The number of para-hydroxylation sites is 1. The Hall–Kier alpha value is -3.08. The predicted octanol–water partition coefficient (Wildman–Crippen LogP) is 5.28. The zero-order chi connectivity index (χ0) is 20.6. The van der Waals surface area contributed by atoms with Gasteiger partial charge in [0.25, 0.3) is 0 Å². The smallest absolute Gasteiger partial charge is 0.410 e. The Balaban J connectivity index is 1.68. The third-order valence-corrected chi connectivity index (χ3v) is 5.21. The van der Waals surface area contributed by atoms with Gasteiger partial charge in [-0.05, 0) is 32.4 Å². The molecule has 0 fully saturated rings. The Morgan fingerprint density at radius 3 is 2.48 bits per heavy atom. The molecule has 1 unspecified atom stereocenters. The quantitative estimate of drug-likeness (QED) is 0.619. The van der Waals surface area contributed by atoms with Gasteiger partial charge < -0.3 is 14.6 Å². The summed E-state index contributed by atoms with van der Waals surface area (Å²) < 4.78 is 5.59. The van der Waals surface area contributed by atoms with E-state index in [-0.39, 0.29) is 17.8 Å². The molecule has 2 heterocycles. The Bertz CT molecular complexity index is 1050. The van der Waals surface area contributed by atoms with Gasteiger partial charge in [-0.3, -0.25) is 4.79 Å². The predicted molar refractivity (Wildman–Crippen MR) is 113 cm³/mol. The Kier molecular flexibility index (Phi) is 4.91. The van der Waals surface area contributed by atoms with Gasteiger partial charge in [0.2, 0.25) is 0 Å². The SMILES string of the molecule is CC(C)(C)OC(=O)N1Cc2[nH]c3ccccc3c2C(CC(=O)c2ccccc2)C1. The Morgan fingerprint density at radius 2 is 1.76 bits per heavy atom. The van der Waals surface area contributed by atoms with E-state index in [0.717, 1.165) is 22.2 Å². The number of benzene rings is 2. The third-order valence-electron chi connectivity index (χ3n) is 5.21. The molecule has 5 nitrogen and oxygen atoms in total. The average molecular weight is 390 g/mol. The summed E-state index contributed by atoms with van der Waals surface area (Å²) in [6, 6.07) is 17.4. The average Bonchev–Trinajstić information content (AvgIpc) is 3.06. The highest BCUT2D eigenvalue weighted by Crippen LogP contribution is 2.37. The maximum Gasteiger partial charge on any atom is 0.410 e. The number of carbonyl (C=O) groups excluding carboxylic acids is 2. The van der Waals surface area contributed by atoms with E-state index < -0.39 is 5.60 Å². The maximum absolute atomic E-state index is 12.9. The van der Waals surface area contributed by atoms with Crippen molar-refractivity contribution in [3.05, 3.63) is 71.4 Å². The van der Waals surface area contributed by atoms with Crippen LogP contribution < -0.4 is 0 Å². The molecule has 1 aliphatic heterocycles. The van der Waals surface area contributed by atoms with E-state index >= 15 is 0 Å². The van der Waals surface area contributed by atoms with Gasteiger partial charge in [0.15, 0.2) is 5.78 Å². The van der Waals surface area contributed by atoms with E-state index in [4.69, 9.17) is 4.74 Å². The molecule has 1 amide bonds. The van der Waals surface area contributed by atoms with E-state index in [2.05, 4.69) is 11.1 Å². The molecule has 0 bridgehead atoms. The summed E-state index contributed by atoms with van der Waals surface area (Å²) in [7, 11) is 0. The molecule has 1 N–H and O–H groups in total. The van der Waals surface area contributed by atoms with Crippen LogP contribution in [0.25, 0.3) is 10.9 Å². The second-order valence-corrected chi connectivity index (χ2v) is 8.61. The van der Waals surface area contributed by atoms with Crippen LogP contribution in [0, 0.1) is 0 Å². The molecule has 1 aliphatic rings. The van der Waals surface area contributed by atoms with Crippen LogP contribution in [-0.2, 0) is 11.3 Å². The minimum Gasteiger partial charge on any atom is -0.444 e. The first-order chi connectivity index (χ1) is 13.8. The number of Topliss-reactive ketones (excluding diaryl/α,β-unsaturated/α-hetero) is 1. The molecule has 1 aromatic heterocycles. The summed E-state index contributed by atoms with van der Waals surface area (Å²) in [6.45, 7) is 6.50. The number of nitrogens with one attached hydrogen (secondary N) is 1. The van der Waals surface area contributed by atoms with Crippen molar-refractivity contribution in [1.29, 1.82) is 0 Å². The monoisotopic (exact) mass is 390 g/mol. The molecular formula is C24H26N2O3. The number of hydrogen-bond acceptors (Lipinski definition) is 3. The number of carbonyl (C=O) groups is 2. The zero-order valence-corrected chi connectivity index (χ0v) is 17.1. The summed E-state index contributed by atoms with van der Waals surface area (Å²) >= 11 is 0. The van der Waals surface area contributed by atoms with E-state index in [1.807, 2.05) is 69.3 Å². The number of rotatable bonds is 3. The van der Waals surface area contributed by atoms with E-state index in [1.54, 1.807) is 4.90 Å². The van der Waals surface area contributed by atoms with E-state index in [0.29, 0.717) is 25.1 Å². The lowest BCUT2D eigenvalue weighted by atomic mass is 9.86. The lowest BCUT2D eigenvalue weighted by Crippen LogP contribution is -2.41. The van der Waals surface area contributed by atoms with Gasteiger partial charge in [0.05, 0.1) is 6.54 Å². The molecule has 2 aromatic carbocycles. The lowest BCUT2D eigenvalue weighted by molar-refractivity contribution is 0.0200. The second-order valence-electron chi connectivity index (χ2n) is 8.61. The number of aromatic nitrogens is 1. The van der Waals surface area contributed by atoms with E-state index in [1.165, 1.54) is 0 Å². The van der Waals surface area contributed by atoms with Crippen LogP contribution in [0.15, 0.2) is 54.6 Å². The van der Waals surface area contributed by atoms with Gasteiger partial charge in [0, 0.05) is 41.0 Å². The molecule has 1 atom stereocenters. The van der Waals surface area contributed by atoms with Crippen LogP contribution in [-0.4, -0.2) is 33.9 Å². The largest absolute Gasteiger partial charge is 0.444 e. The summed E-state index contributed by atoms with van der Waals surface area (Å²) in [5, 5.41) is 1.12. The van der Waals surface area contributed by atoms with Gasteiger partial charge in [-0.1, -0.05) is 48.5 Å². The van der Waals surface area contributed by atoms with Crippen molar-refractivity contribution in [1.82, 2.24) is 9.88 Å². The number of fused-ring (bicyclic) bond motifs is 3. The molecule has 29 heavy (non-hydrogen) atoms. The number of ether oxygens (including phenoxy) is 1. The number of aromatic amines is 1. The second kappa shape index (κ2) is 7.39. The van der Waals surface area contributed by atoms with Crippen molar-refractivity contribution in [2.24, 2.45) is 0 Å². The van der Waals surface area contributed by atoms with Crippen LogP contribution in [0.1, 0.15) is 54.7 Å². The third kappa shape index (κ3) is 4.04. The highest BCUT2D eigenvalue weighted by atomic mass is 16.6. The van der Waals surface area contributed by atoms with Gasteiger partial charge in [-0.25, -0.2) is 4.79 Å². The van der Waals surface area contributed by atoms with Crippen molar-refractivity contribution in [2.45, 2.75) is 45.3 Å². The van der Waals surface area contributed by atoms with Gasteiger partial charge in [-0.2, -0.15) is 0 Å². The molecule has 5 heteroatoms. The number of H-pyrrole nitrogens is 1. The van der Waals surface area contributed by atoms with Crippen LogP contribution in [0.2, 0.25) is 0 Å². The van der Waals surface area contributed by atoms with Crippen molar-refractivity contribution in [3.63, 3.8) is 0 Å². The lowest BCUT2D eigenvalue weighted by Gasteiger charge is -2.34. The van der Waals surface area contributed by atoms with Crippen LogP contribution >= 0.6 is 0 Å². The highest BCUT2D eigenvalue weighted by Gasteiger charge is 2.34. The summed E-state index contributed by atoms with van der Waals surface area (Å²) in [5.74, 6) is -0.00649. The van der Waals surface area contributed by atoms with Crippen molar-refractivity contribution < 1.29 is 14.3 Å². The number of amides is 1. The normalized spacial score (nSPS) is 16.5. The molecule has 0 aliphatic carbocycles. The minimum absolute atomic E-state index is 0.0814. The Labute approximate surface area is 170 Å². The first-order valence-corrected chi connectivity index (χ1v) is 9.97. The van der Waals surface area contributed by atoms with Crippen LogP contribution in [0.5, 0.6) is 0 Å². The standard InChI is InChI=1S/C24H26N2O3/c1-24(2,3)29-23(28)26-14-17(13-21(27)16-9-5-4-6-10-16)22-18-11-7-8-12-19(18)25-20(22)15-26/h4-12,17,25H,13-15H2,1-3H3. The molecule has 0 saturated heterocycles. The maximum atomic E-state index is 12.9. The molecule has 0 saturated carbocycles. The first kappa shape index (κ1) is 19.2. The fourth-order valence-corrected chi connectivity index (χ4v) is 4.02. The van der Waals surface area contributed by atoms with Crippen molar-refractivity contribution in [2.75, 3.05) is 6.54 Å². The number of hydrogen-bond donors (Lipinski definition) is 1. The minimum atomic E-state index is -0.562. The summed E-state index contributed by atoms with van der Waals surface area (Å²) in [6.07, 6.45) is -0.00278. The molecule has 150 valence electrons. The molecule has 4 rings (SSSR count). The Morgan fingerprint density at radius 1 is 1.07 bits per heavy atom. The van der Waals surface area contributed by atoms with Crippen LogP contribution in [0.4, 0.5) is 4.79 Å². The van der Waals surface area contributed by atoms with E-state index in [9.17, 15) is 9.59 Å². The summed E-state index contributed by atoms with van der Waals surface area (Å²) in [4.78, 5) is 30.8. The van der Waals surface area contributed by atoms with Crippen LogP contribution in [0.3, 0.4) is 0 Å². The van der Waals surface area contributed by atoms with Crippen molar-refractivity contribution >= 4 is 22.8 Å². The molecular weight excluding hydrogens is 364 g/mol. The number of ketones is 1. The molecule has 0 spiro atoms. The fraction of sp³-hybridized carbons (Fsp3) is 0.333. The molecule has 3 aromatic rings.